The van der Waals surface area contributed by atoms with E-state index in [1.54, 1.807) is 0 Å². The topological polar surface area (TPSA) is 41.6 Å². The number of hydrogen-bond acceptors (Lipinski definition) is 3. The second-order valence-electron chi connectivity index (χ2n) is 7.10. The van der Waals surface area contributed by atoms with Crippen LogP contribution in [0.2, 0.25) is 0 Å². The summed E-state index contributed by atoms with van der Waals surface area (Å²) >= 11 is 0. The smallest absolute Gasteiger partial charge is 0.409 e. The predicted molar refractivity (Wildman–Crippen MR) is 90.0 cm³/mol. The van der Waals surface area contributed by atoms with E-state index in [0.717, 1.165) is 25.6 Å². The maximum absolute atomic E-state index is 12.1. The van der Waals surface area contributed by atoms with Crippen LogP contribution >= 0.6 is 0 Å². The molecule has 1 saturated heterocycles. The Morgan fingerprint density at radius 1 is 1.14 bits per heavy atom. The molecule has 1 aliphatic heterocycles. The second-order valence-corrected chi connectivity index (χ2v) is 7.10. The maximum Gasteiger partial charge on any atom is 0.409 e. The number of piperidine rings is 1. The first-order valence-corrected chi connectivity index (χ1v) is 9.38. The number of hydrogen-bond donors (Lipinski definition) is 1. The summed E-state index contributed by atoms with van der Waals surface area (Å²) < 4.78 is 5.21. The van der Waals surface area contributed by atoms with Gasteiger partial charge in [-0.05, 0) is 51.0 Å². The van der Waals surface area contributed by atoms with E-state index in [2.05, 4.69) is 12.2 Å². The van der Waals surface area contributed by atoms with Gasteiger partial charge in [-0.15, -0.1) is 0 Å². The minimum absolute atomic E-state index is 0.132. The number of rotatable bonds is 6. The zero-order valence-electron chi connectivity index (χ0n) is 14.5. The number of carbonyl (C=O) groups excluding carboxylic acids is 1. The fourth-order valence-corrected chi connectivity index (χ4v) is 4.06. The predicted octanol–water partition coefficient (Wildman–Crippen LogP) is 3.80. The maximum atomic E-state index is 12.1. The number of nitrogens with zero attached hydrogens (tertiary/aromatic N) is 1. The Morgan fingerprint density at radius 2 is 1.91 bits per heavy atom. The molecule has 0 spiro atoms. The van der Waals surface area contributed by atoms with Gasteiger partial charge in [0.05, 0.1) is 6.61 Å². The first kappa shape index (κ1) is 17.6. The van der Waals surface area contributed by atoms with Crippen LogP contribution in [0.4, 0.5) is 4.79 Å². The molecule has 128 valence electrons. The Balaban J connectivity index is 1.83. The summed E-state index contributed by atoms with van der Waals surface area (Å²) in [6.45, 7) is 7.38. The molecule has 0 aromatic rings. The zero-order chi connectivity index (χ0) is 15.8. The molecule has 2 fully saturated rings. The number of likely N-dealkylation sites (tertiary alicyclic amines) is 1. The van der Waals surface area contributed by atoms with Crippen molar-refractivity contribution in [3.05, 3.63) is 0 Å². The van der Waals surface area contributed by atoms with E-state index in [4.69, 9.17) is 4.74 Å². The lowest BCUT2D eigenvalue weighted by Gasteiger charge is -2.38. The van der Waals surface area contributed by atoms with Crippen molar-refractivity contribution in [1.29, 1.82) is 0 Å². The van der Waals surface area contributed by atoms with E-state index >= 15 is 0 Å². The summed E-state index contributed by atoms with van der Waals surface area (Å²) in [6, 6.07) is 0.441. The van der Waals surface area contributed by atoms with E-state index in [1.165, 1.54) is 51.4 Å². The van der Waals surface area contributed by atoms with Crippen molar-refractivity contribution in [3.63, 3.8) is 0 Å². The number of carbonyl (C=O) groups is 1. The highest BCUT2D eigenvalue weighted by atomic mass is 16.6. The van der Waals surface area contributed by atoms with Crippen molar-refractivity contribution in [1.82, 2.24) is 10.2 Å². The summed E-state index contributed by atoms with van der Waals surface area (Å²) in [7, 11) is 0. The zero-order valence-corrected chi connectivity index (χ0v) is 14.5. The van der Waals surface area contributed by atoms with Crippen LogP contribution in [0.1, 0.15) is 65.2 Å². The van der Waals surface area contributed by atoms with Gasteiger partial charge in [0.15, 0.2) is 0 Å². The van der Waals surface area contributed by atoms with E-state index in [1.807, 2.05) is 11.8 Å². The van der Waals surface area contributed by atoms with Crippen molar-refractivity contribution in [2.45, 2.75) is 71.3 Å². The Kier molecular flexibility index (Phi) is 7.50. The van der Waals surface area contributed by atoms with Crippen LogP contribution < -0.4 is 5.32 Å². The molecule has 2 atom stereocenters. The number of nitrogens with one attached hydrogen (secondary N) is 1. The molecular formula is C18H34N2O2. The molecule has 0 aromatic carbocycles. The van der Waals surface area contributed by atoms with E-state index in [0.29, 0.717) is 18.6 Å². The van der Waals surface area contributed by atoms with E-state index < -0.39 is 0 Å². The van der Waals surface area contributed by atoms with Crippen LogP contribution in [0.25, 0.3) is 0 Å². The highest BCUT2D eigenvalue weighted by molar-refractivity contribution is 5.67. The summed E-state index contributed by atoms with van der Waals surface area (Å²) in [5, 5.41) is 3.76. The molecule has 2 unspecified atom stereocenters. The quantitative estimate of drug-likeness (QED) is 0.811. The van der Waals surface area contributed by atoms with Crippen LogP contribution in [0, 0.1) is 11.8 Å². The molecule has 0 radical (unpaired) electrons. The molecule has 2 rings (SSSR count). The molecule has 2 aliphatic rings. The van der Waals surface area contributed by atoms with Crippen LogP contribution in [-0.2, 0) is 4.74 Å². The van der Waals surface area contributed by atoms with Crippen molar-refractivity contribution in [2.24, 2.45) is 11.8 Å². The Labute approximate surface area is 136 Å². The van der Waals surface area contributed by atoms with Gasteiger partial charge in [0.2, 0.25) is 0 Å². The fraction of sp³-hybridized carbons (Fsp3) is 0.944. The largest absolute Gasteiger partial charge is 0.450 e. The molecule has 1 heterocycles. The van der Waals surface area contributed by atoms with E-state index in [-0.39, 0.29) is 6.09 Å². The highest BCUT2D eigenvalue weighted by Crippen LogP contribution is 2.25. The Bertz CT molecular complexity index is 329. The van der Waals surface area contributed by atoms with Crippen LogP contribution in [0.5, 0.6) is 0 Å². The van der Waals surface area contributed by atoms with Gasteiger partial charge in [-0.25, -0.2) is 4.79 Å². The van der Waals surface area contributed by atoms with Gasteiger partial charge < -0.3 is 15.0 Å². The second kappa shape index (κ2) is 9.39. The normalized spacial score (nSPS) is 26.9. The van der Waals surface area contributed by atoms with Crippen LogP contribution in [-0.4, -0.2) is 43.3 Å². The third-order valence-corrected chi connectivity index (χ3v) is 5.18. The molecule has 4 nitrogen and oxygen atoms in total. The minimum Gasteiger partial charge on any atom is -0.450 e. The molecule has 1 amide bonds. The first-order valence-electron chi connectivity index (χ1n) is 9.38. The molecular weight excluding hydrogens is 276 g/mol. The number of amides is 1. The lowest BCUT2D eigenvalue weighted by Crippen LogP contribution is -2.52. The van der Waals surface area contributed by atoms with Gasteiger partial charge >= 0.3 is 6.09 Å². The van der Waals surface area contributed by atoms with Gasteiger partial charge in [0.25, 0.3) is 0 Å². The average Bonchev–Trinajstić information content (AvgIpc) is 2.54. The summed E-state index contributed by atoms with van der Waals surface area (Å²) in [4.78, 5) is 14.0. The molecule has 1 N–H and O–H groups in total. The monoisotopic (exact) mass is 310 g/mol. The van der Waals surface area contributed by atoms with Gasteiger partial charge in [-0.1, -0.05) is 32.6 Å². The fourth-order valence-electron chi connectivity index (χ4n) is 4.06. The summed E-state index contributed by atoms with van der Waals surface area (Å²) in [5.74, 6) is 1.46. The average molecular weight is 310 g/mol. The minimum atomic E-state index is -0.132. The first-order chi connectivity index (χ1) is 10.7. The molecule has 1 saturated carbocycles. The Hall–Kier alpha value is -0.770. The lowest BCUT2D eigenvalue weighted by atomic mass is 9.87. The van der Waals surface area contributed by atoms with E-state index in [9.17, 15) is 4.79 Å². The lowest BCUT2D eigenvalue weighted by molar-refractivity contribution is 0.0763. The highest BCUT2D eigenvalue weighted by Gasteiger charge is 2.30. The summed E-state index contributed by atoms with van der Waals surface area (Å²) in [6.07, 6.45) is 10.4. The summed E-state index contributed by atoms with van der Waals surface area (Å²) in [5.41, 5.74) is 0. The number of ether oxygens (including phenoxy) is 1. The third-order valence-electron chi connectivity index (χ3n) is 5.18. The van der Waals surface area contributed by atoms with Crippen molar-refractivity contribution >= 4 is 6.09 Å². The van der Waals surface area contributed by atoms with Crippen molar-refractivity contribution in [2.75, 3.05) is 26.2 Å². The van der Waals surface area contributed by atoms with Gasteiger partial charge in [0.1, 0.15) is 0 Å². The Morgan fingerprint density at radius 3 is 2.59 bits per heavy atom. The van der Waals surface area contributed by atoms with Crippen molar-refractivity contribution < 1.29 is 9.53 Å². The van der Waals surface area contributed by atoms with Crippen molar-refractivity contribution in [3.8, 4) is 0 Å². The molecule has 0 aromatic heterocycles. The molecule has 0 bridgehead atoms. The van der Waals surface area contributed by atoms with Gasteiger partial charge in [-0.2, -0.15) is 0 Å². The standard InChI is InChI=1S/C18H34N2O2/c1-3-8-16-11-17(14-20(13-16)18(21)22-4-2)19-12-15-9-6-5-7-10-15/h15-17,19H,3-14H2,1-2H3. The molecule has 22 heavy (non-hydrogen) atoms. The van der Waals surface area contributed by atoms with Gasteiger partial charge in [-0.3, -0.25) is 0 Å². The third kappa shape index (κ3) is 5.45. The van der Waals surface area contributed by atoms with Gasteiger partial charge in [0, 0.05) is 19.1 Å². The SMILES string of the molecule is CCCC1CC(NCC2CCCCC2)CN(C(=O)OCC)C1. The van der Waals surface area contributed by atoms with Crippen LogP contribution in [0.15, 0.2) is 0 Å². The molecule has 1 aliphatic carbocycles. The molecule has 4 heteroatoms. The van der Waals surface area contributed by atoms with Crippen LogP contribution in [0.3, 0.4) is 0 Å².